The predicted octanol–water partition coefficient (Wildman–Crippen LogP) is 6.56. The molecule has 8 heteroatoms. The average molecular weight is 512 g/mol. The van der Waals surface area contributed by atoms with E-state index in [1.807, 2.05) is 35.2 Å². The number of pyridine rings is 1. The summed E-state index contributed by atoms with van der Waals surface area (Å²) in [6.07, 6.45) is 1.72. The second-order valence-corrected chi connectivity index (χ2v) is 8.54. The van der Waals surface area contributed by atoms with E-state index in [1.165, 1.54) is 24.3 Å². The highest BCUT2D eigenvalue weighted by Crippen LogP contribution is 2.43. The lowest BCUT2D eigenvalue weighted by Gasteiger charge is -2.26. The zero-order valence-corrected chi connectivity index (χ0v) is 18.9. The van der Waals surface area contributed by atoms with Crippen molar-refractivity contribution in [2.75, 3.05) is 4.90 Å². The molecule has 1 fully saturated rings. The molecule has 1 N–H and O–H groups in total. The normalized spacial score (nSPS) is 18.1. The second-order valence-electron chi connectivity index (χ2n) is 7.30. The zero-order valence-electron chi connectivity index (χ0n) is 16.5. The van der Waals surface area contributed by atoms with E-state index >= 15 is 0 Å². The maximum Gasteiger partial charge on any atom is 0.174 e. The molecule has 0 radical (unpaired) electrons. The van der Waals surface area contributed by atoms with Crippen LogP contribution in [-0.4, -0.2) is 10.1 Å². The molecule has 5 rings (SSSR count). The van der Waals surface area contributed by atoms with Gasteiger partial charge < -0.3 is 14.6 Å². The molecular formula is C24H16BrF2N3OS. The van der Waals surface area contributed by atoms with Gasteiger partial charge in [-0.05, 0) is 94.9 Å². The van der Waals surface area contributed by atoms with Gasteiger partial charge in [-0.1, -0.05) is 6.07 Å². The third-order valence-corrected chi connectivity index (χ3v) is 6.29. The number of furan rings is 1. The molecule has 1 saturated heterocycles. The van der Waals surface area contributed by atoms with Crippen LogP contribution in [0.15, 0.2) is 87.9 Å². The first-order valence-corrected chi connectivity index (χ1v) is 11.0. The van der Waals surface area contributed by atoms with Gasteiger partial charge in [-0.3, -0.25) is 4.98 Å². The molecule has 2 aromatic heterocycles. The summed E-state index contributed by atoms with van der Waals surface area (Å²) in [7, 11) is 0. The van der Waals surface area contributed by atoms with Gasteiger partial charge in [-0.25, -0.2) is 8.78 Å². The van der Waals surface area contributed by atoms with E-state index < -0.39 is 0 Å². The number of anilines is 1. The van der Waals surface area contributed by atoms with E-state index in [1.54, 1.807) is 24.4 Å². The minimum Gasteiger partial charge on any atom is -0.459 e. The van der Waals surface area contributed by atoms with Crippen LogP contribution >= 0.6 is 28.1 Å². The third-order valence-electron chi connectivity index (χ3n) is 5.32. The number of nitrogens with zero attached hydrogens (tertiary/aromatic N) is 2. The lowest BCUT2D eigenvalue weighted by molar-refractivity contribution is 0.439. The van der Waals surface area contributed by atoms with Gasteiger partial charge in [-0.15, -0.1) is 0 Å². The van der Waals surface area contributed by atoms with Crippen molar-refractivity contribution in [2.24, 2.45) is 0 Å². The number of benzene rings is 2. The van der Waals surface area contributed by atoms with Crippen LogP contribution in [0, 0.1) is 11.6 Å². The first kappa shape index (κ1) is 20.8. The van der Waals surface area contributed by atoms with Crippen LogP contribution in [0.2, 0.25) is 0 Å². The topological polar surface area (TPSA) is 41.3 Å². The number of aromatic nitrogens is 1. The smallest absolute Gasteiger partial charge is 0.174 e. The number of hydrogen-bond acceptors (Lipinski definition) is 3. The molecule has 160 valence electrons. The Bertz CT molecular complexity index is 1280. The highest BCUT2D eigenvalue weighted by molar-refractivity contribution is 9.10. The molecule has 2 atom stereocenters. The van der Waals surface area contributed by atoms with Crippen molar-refractivity contribution < 1.29 is 13.2 Å². The van der Waals surface area contributed by atoms with Crippen molar-refractivity contribution in [1.82, 2.24) is 10.3 Å². The van der Waals surface area contributed by atoms with E-state index in [-0.39, 0.29) is 23.7 Å². The fourth-order valence-electron chi connectivity index (χ4n) is 3.87. The van der Waals surface area contributed by atoms with Crippen molar-refractivity contribution in [3.8, 4) is 11.3 Å². The van der Waals surface area contributed by atoms with E-state index in [0.717, 1.165) is 16.9 Å². The van der Waals surface area contributed by atoms with Gasteiger partial charge in [0, 0.05) is 21.9 Å². The molecule has 0 aliphatic carbocycles. The van der Waals surface area contributed by atoms with Crippen molar-refractivity contribution >= 4 is 38.9 Å². The Hall–Kier alpha value is -3.10. The number of nitrogens with one attached hydrogen (secondary N) is 1. The quantitative estimate of drug-likeness (QED) is 0.314. The SMILES string of the molecule is Fc1ccc(N2C(=S)N[C@H](c3ccccn3)[C@@H]2c2ccc(-c3ccc(F)cc3Br)o2)cc1. The van der Waals surface area contributed by atoms with Gasteiger partial charge in [0.15, 0.2) is 5.11 Å². The Labute approximate surface area is 197 Å². The van der Waals surface area contributed by atoms with Crippen molar-refractivity contribution in [3.05, 3.63) is 107 Å². The molecular weight excluding hydrogens is 496 g/mol. The minimum absolute atomic E-state index is 0.288. The van der Waals surface area contributed by atoms with Gasteiger partial charge in [-0.2, -0.15) is 0 Å². The predicted molar refractivity (Wildman–Crippen MR) is 126 cm³/mol. The van der Waals surface area contributed by atoms with Crippen LogP contribution in [0.25, 0.3) is 11.3 Å². The lowest BCUT2D eigenvalue weighted by atomic mass is 10.0. The summed E-state index contributed by atoms with van der Waals surface area (Å²) in [6, 6.07) is 19.3. The molecule has 4 nitrogen and oxygen atoms in total. The van der Waals surface area contributed by atoms with Crippen LogP contribution in [0.3, 0.4) is 0 Å². The molecule has 1 aliphatic rings. The molecule has 0 amide bonds. The summed E-state index contributed by atoms with van der Waals surface area (Å²) in [5.41, 5.74) is 2.26. The van der Waals surface area contributed by atoms with E-state index in [4.69, 9.17) is 16.6 Å². The van der Waals surface area contributed by atoms with E-state index in [2.05, 4.69) is 26.2 Å². The molecule has 0 unspecified atom stereocenters. The fourth-order valence-corrected chi connectivity index (χ4v) is 4.76. The highest BCUT2D eigenvalue weighted by Gasteiger charge is 2.42. The third kappa shape index (κ3) is 3.80. The van der Waals surface area contributed by atoms with Crippen LogP contribution in [0.5, 0.6) is 0 Å². The fraction of sp³-hybridized carbons (Fsp3) is 0.0833. The number of rotatable bonds is 4. The maximum absolute atomic E-state index is 13.6. The summed E-state index contributed by atoms with van der Waals surface area (Å²) in [5.74, 6) is 0.564. The van der Waals surface area contributed by atoms with Gasteiger partial charge in [0.2, 0.25) is 0 Å². The number of hydrogen-bond donors (Lipinski definition) is 1. The van der Waals surface area contributed by atoms with Gasteiger partial charge >= 0.3 is 0 Å². The van der Waals surface area contributed by atoms with Gasteiger partial charge in [0.1, 0.15) is 29.2 Å². The van der Waals surface area contributed by atoms with Crippen molar-refractivity contribution in [2.45, 2.75) is 12.1 Å². The first-order chi connectivity index (χ1) is 15.5. The summed E-state index contributed by atoms with van der Waals surface area (Å²) < 4.78 is 34.0. The Balaban J connectivity index is 1.60. The number of thiocarbonyl (C=S) groups is 1. The Morgan fingerprint density at radius 3 is 2.47 bits per heavy atom. The van der Waals surface area contributed by atoms with Crippen molar-refractivity contribution in [1.29, 1.82) is 0 Å². The molecule has 4 aromatic rings. The average Bonchev–Trinajstić information content (AvgIpc) is 3.39. The maximum atomic E-state index is 13.6. The molecule has 32 heavy (non-hydrogen) atoms. The summed E-state index contributed by atoms with van der Waals surface area (Å²) >= 11 is 9.05. The molecule has 2 aromatic carbocycles. The molecule has 0 spiro atoms. The lowest BCUT2D eigenvalue weighted by Crippen LogP contribution is -2.29. The van der Waals surface area contributed by atoms with Crippen LogP contribution in [0.1, 0.15) is 23.5 Å². The number of halogens is 3. The second kappa shape index (κ2) is 8.44. The zero-order chi connectivity index (χ0) is 22.2. The summed E-state index contributed by atoms with van der Waals surface area (Å²) in [6.45, 7) is 0. The van der Waals surface area contributed by atoms with Crippen LogP contribution in [-0.2, 0) is 0 Å². The first-order valence-electron chi connectivity index (χ1n) is 9.82. The minimum atomic E-state index is -0.365. The largest absolute Gasteiger partial charge is 0.459 e. The van der Waals surface area contributed by atoms with Gasteiger partial charge in [0.05, 0.1) is 11.7 Å². The standard InChI is InChI=1S/C24H16BrF2N3OS/c25-18-13-15(27)6-9-17(18)20-10-11-21(31-20)23-22(19-3-1-2-12-28-19)29-24(32)30(23)16-7-4-14(26)5-8-16/h1-13,22-23H,(H,29,32)/t22-,23+/m1/s1. The molecule has 0 bridgehead atoms. The Morgan fingerprint density at radius 1 is 0.969 bits per heavy atom. The summed E-state index contributed by atoms with van der Waals surface area (Å²) in [4.78, 5) is 6.40. The van der Waals surface area contributed by atoms with E-state index in [0.29, 0.717) is 21.1 Å². The Morgan fingerprint density at radius 2 is 1.75 bits per heavy atom. The summed E-state index contributed by atoms with van der Waals surface area (Å²) in [5, 5.41) is 3.82. The monoisotopic (exact) mass is 511 g/mol. The van der Waals surface area contributed by atoms with Crippen molar-refractivity contribution in [3.63, 3.8) is 0 Å². The van der Waals surface area contributed by atoms with Crippen LogP contribution in [0.4, 0.5) is 14.5 Å². The van der Waals surface area contributed by atoms with Gasteiger partial charge in [0.25, 0.3) is 0 Å². The molecule has 0 saturated carbocycles. The van der Waals surface area contributed by atoms with Crippen LogP contribution < -0.4 is 10.2 Å². The molecule has 1 aliphatic heterocycles. The Kier molecular flexibility index (Phi) is 5.48. The highest BCUT2D eigenvalue weighted by atomic mass is 79.9. The molecule has 3 heterocycles. The van der Waals surface area contributed by atoms with E-state index in [9.17, 15) is 8.78 Å².